The van der Waals surface area contributed by atoms with Crippen LogP contribution in [0, 0.1) is 13.8 Å². The van der Waals surface area contributed by atoms with E-state index in [9.17, 15) is 9.59 Å². The Bertz CT molecular complexity index is 612. The van der Waals surface area contributed by atoms with E-state index in [4.69, 9.17) is 4.52 Å². The van der Waals surface area contributed by atoms with E-state index in [-0.39, 0.29) is 10.6 Å². The summed E-state index contributed by atoms with van der Waals surface area (Å²) in [5, 5.41) is 3.76. The average Bonchev–Trinajstić information content (AvgIpc) is 2.69. The number of aryl methyl sites for hydroxylation is 2. The molecule has 0 fully saturated rings. The van der Waals surface area contributed by atoms with Gasteiger partial charge in [0.2, 0.25) is 0 Å². The molecule has 0 radical (unpaired) electrons. The largest absolute Gasteiger partial charge is 0.359 e. The molecule has 2 rings (SSSR count). The van der Waals surface area contributed by atoms with Gasteiger partial charge in [-0.05, 0) is 20.8 Å². The molecule has 0 atom stereocenters. The fraction of sp³-hybridized carbons (Fsp3) is 0.444. The normalized spacial score (nSPS) is 10.9. The van der Waals surface area contributed by atoms with Crippen LogP contribution in [0.25, 0.3) is 5.69 Å². The number of aromatic nitrogens is 3. The lowest BCUT2D eigenvalue weighted by molar-refractivity contribution is 0.393. The molecule has 0 spiro atoms. The average molecular weight is 241 g/mol. The Morgan fingerprint density at radius 3 is 2.50 bits per heavy atom. The Labute approximate surface area is 94.9 Å². The molecule has 16 heavy (non-hydrogen) atoms. The molecule has 0 N–H and O–H groups in total. The van der Waals surface area contributed by atoms with Crippen molar-refractivity contribution in [3.8, 4) is 5.69 Å². The Balaban J connectivity index is 2.76. The lowest BCUT2D eigenvalue weighted by Gasteiger charge is -1.96. The van der Waals surface area contributed by atoms with Crippen LogP contribution in [0.4, 0.5) is 0 Å². The van der Waals surface area contributed by atoms with Crippen LogP contribution >= 0.6 is 11.5 Å². The molecule has 7 heteroatoms. The monoisotopic (exact) mass is 241 g/mol. The molecular weight excluding hydrogens is 230 g/mol. The van der Waals surface area contributed by atoms with Crippen molar-refractivity contribution in [3.05, 3.63) is 31.6 Å². The molecule has 2 heterocycles. The van der Waals surface area contributed by atoms with E-state index in [1.807, 2.05) is 0 Å². The first-order valence-electron chi connectivity index (χ1n) is 4.82. The minimum absolute atomic E-state index is 0.271. The quantitative estimate of drug-likeness (QED) is 0.775. The van der Waals surface area contributed by atoms with Gasteiger partial charge in [0.15, 0.2) is 5.76 Å². The van der Waals surface area contributed by atoms with Gasteiger partial charge in [0.25, 0.3) is 0 Å². The van der Waals surface area contributed by atoms with Gasteiger partial charge in [0.05, 0.1) is 0 Å². The summed E-state index contributed by atoms with van der Waals surface area (Å²) in [6.45, 7) is 5.57. The number of hydrogen-bond acceptors (Lipinski definition) is 5. The van der Waals surface area contributed by atoms with Gasteiger partial charge in [-0.15, -0.1) is 0 Å². The van der Waals surface area contributed by atoms with E-state index in [0.717, 1.165) is 11.5 Å². The highest BCUT2D eigenvalue weighted by Gasteiger charge is 2.17. The fourth-order valence-electron chi connectivity index (χ4n) is 1.53. The first-order chi connectivity index (χ1) is 7.56. The summed E-state index contributed by atoms with van der Waals surface area (Å²) in [5.41, 5.74) is 0.829. The second kappa shape index (κ2) is 3.75. The topological polar surface area (TPSA) is 70.0 Å². The van der Waals surface area contributed by atoms with E-state index < -0.39 is 0 Å². The Hall–Kier alpha value is -1.63. The minimum Gasteiger partial charge on any atom is -0.359 e. The standard InChI is InChI=1S/C9H11N3O3S/c1-4-11-8(13)12(16-9(11)14)7-5(2)10-15-6(7)3/h4H2,1-3H3. The molecule has 86 valence electrons. The van der Waals surface area contributed by atoms with Crippen LogP contribution in [0.1, 0.15) is 18.4 Å². The third-order valence-corrected chi connectivity index (χ3v) is 3.21. The maximum atomic E-state index is 11.9. The van der Waals surface area contributed by atoms with Gasteiger partial charge < -0.3 is 4.52 Å². The maximum absolute atomic E-state index is 11.9. The highest BCUT2D eigenvalue weighted by atomic mass is 32.1. The molecule has 2 aromatic rings. The van der Waals surface area contributed by atoms with Crippen molar-refractivity contribution in [1.29, 1.82) is 0 Å². The number of hydrogen-bond donors (Lipinski definition) is 0. The van der Waals surface area contributed by atoms with Crippen molar-refractivity contribution in [3.63, 3.8) is 0 Å². The van der Waals surface area contributed by atoms with Crippen molar-refractivity contribution < 1.29 is 4.52 Å². The van der Waals surface area contributed by atoms with Crippen LogP contribution in [-0.2, 0) is 6.54 Å². The molecular formula is C9H11N3O3S. The first-order valence-corrected chi connectivity index (χ1v) is 5.60. The second-order valence-corrected chi connectivity index (χ2v) is 4.25. The predicted octanol–water partition coefficient (Wildman–Crippen LogP) is 0.685. The fourth-order valence-corrected chi connectivity index (χ4v) is 2.52. The second-order valence-electron chi connectivity index (χ2n) is 3.35. The smallest absolute Gasteiger partial charge is 0.346 e. The van der Waals surface area contributed by atoms with Crippen molar-refractivity contribution in [2.24, 2.45) is 0 Å². The van der Waals surface area contributed by atoms with Crippen LogP contribution in [0.5, 0.6) is 0 Å². The van der Waals surface area contributed by atoms with E-state index in [1.54, 1.807) is 20.8 Å². The van der Waals surface area contributed by atoms with Crippen LogP contribution in [0.3, 0.4) is 0 Å². The van der Waals surface area contributed by atoms with Crippen LogP contribution in [0.2, 0.25) is 0 Å². The first kappa shape index (κ1) is 10.9. The zero-order chi connectivity index (χ0) is 11.9. The third kappa shape index (κ3) is 1.44. The van der Waals surface area contributed by atoms with Crippen LogP contribution in [-0.4, -0.2) is 13.7 Å². The summed E-state index contributed by atoms with van der Waals surface area (Å²) < 4.78 is 7.48. The van der Waals surface area contributed by atoms with Gasteiger partial charge in [-0.3, -0.25) is 4.79 Å². The molecule has 0 unspecified atom stereocenters. The van der Waals surface area contributed by atoms with Crippen molar-refractivity contribution in [2.45, 2.75) is 27.3 Å². The van der Waals surface area contributed by atoms with Gasteiger partial charge >= 0.3 is 10.6 Å². The van der Waals surface area contributed by atoms with E-state index >= 15 is 0 Å². The molecule has 0 aliphatic carbocycles. The van der Waals surface area contributed by atoms with Crippen LogP contribution < -0.4 is 10.6 Å². The molecule has 0 saturated carbocycles. The van der Waals surface area contributed by atoms with Crippen molar-refractivity contribution >= 4 is 11.5 Å². The highest BCUT2D eigenvalue weighted by Crippen LogP contribution is 2.16. The third-order valence-electron chi connectivity index (χ3n) is 2.31. The molecule has 2 aromatic heterocycles. The Kier molecular flexibility index (Phi) is 2.55. The van der Waals surface area contributed by atoms with Gasteiger partial charge in [0, 0.05) is 18.1 Å². The van der Waals surface area contributed by atoms with E-state index in [0.29, 0.717) is 23.7 Å². The number of nitrogens with zero attached hydrogens (tertiary/aromatic N) is 3. The van der Waals surface area contributed by atoms with Gasteiger partial charge in [0.1, 0.15) is 11.4 Å². The lowest BCUT2D eigenvalue weighted by Crippen LogP contribution is -2.27. The highest BCUT2D eigenvalue weighted by molar-refractivity contribution is 7.03. The minimum atomic E-state index is -0.341. The summed E-state index contributed by atoms with van der Waals surface area (Å²) in [6.07, 6.45) is 0. The van der Waals surface area contributed by atoms with E-state index in [2.05, 4.69) is 5.16 Å². The number of rotatable bonds is 2. The molecule has 0 amide bonds. The van der Waals surface area contributed by atoms with Crippen LogP contribution in [0.15, 0.2) is 14.1 Å². The summed E-state index contributed by atoms with van der Waals surface area (Å²) in [6, 6.07) is 0. The van der Waals surface area contributed by atoms with Gasteiger partial charge in [-0.2, -0.15) is 0 Å². The van der Waals surface area contributed by atoms with E-state index in [1.165, 1.54) is 8.52 Å². The summed E-state index contributed by atoms with van der Waals surface area (Å²) in [5.74, 6) is 0.532. The SMILES string of the molecule is CCn1c(=O)sn(-c2c(C)noc2C)c1=O. The Morgan fingerprint density at radius 1 is 1.38 bits per heavy atom. The molecule has 0 bridgehead atoms. The van der Waals surface area contributed by atoms with Gasteiger partial charge in [-0.1, -0.05) is 5.16 Å². The maximum Gasteiger partial charge on any atom is 0.346 e. The van der Waals surface area contributed by atoms with Gasteiger partial charge in [-0.25, -0.2) is 13.3 Å². The predicted molar refractivity (Wildman–Crippen MR) is 59.4 cm³/mol. The Morgan fingerprint density at radius 2 is 2.06 bits per heavy atom. The lowest BCUT2D eigenvalue weighted by atomic mass is 10.3. The summed E-state index contributed by atoms with van der Waals surface area (Å²) in [4.78, 5) is 23.1. The molecule has 0 aliphatic heterocycles. The zero-order valence-electron chi connectivity index (χ0n) is 9.18. The molecule has 0 aliphatic rings. The van der Waals surface area contributed by atoms with Crippen molar-refractivity contribution in [1.82, 2.24) is 13.7 Å². The summed E-state index contributed by atoms with van der Waals surface area (Å²) in [7, 11) is 0. The summed E-state index contributed by atoms with van der Waals surface area (Å²) >= 11 is 0.863. The molecule has 0 saturated heterocycles. The molecule has 0 aromatic carbocycles. The zero-order valence-corrected chi connectivity index (χ0v) is 10.00. The molecule has 6 nitrogen and oxygen atoms in total. The van der Waals surface area contributed by atoms with Crippen molar-refractivity contribution in [2.75, 3.05) is 0 Å².